The zero-order valence-electron chi connectivity index (χ0n) is 16.8. The van der Waals surface area contributed by atoms with E-state index < -0.39 is 40.7 Å². The Morgan fingerprint density at radius 1 is 0.969 bits per heavy atom. The highest BCUT2D eigenvalue weighted by Gasteiger charge is 2.25. The lowest BCUT2D eigenvalue weighted by molar-refractivity contribution is -0.385. The van der Waals surface area contributed by atoms with Crippen molar-refractivity contribution in [3.63, 3.8) is 0 Å². The van der Waals surface area contributed by atoms with Crippen LogP contribution in [0.25, 0.3) is 0 Å². The Labute approximate surface area is 184 Å². The Morgan fingerprint density at radius 2 is 1.59 bits per heavy atom. The molecule has 32 heavy (non-hydrogen) atoms. The maximum Gasteiger partial charge on any atom is 0.339 e. The molecule has 0 saturated carbocycles. The van der Waals surface area contributed by atoms with Gasteiger partial charge in [-0.3, -0.25) is 14.4 Å². The summed E-state index contributed by atoms with van der Waals surface area (Å²) < 4.78 is 70.1. The molecule has 0 heterocycles. The first-order valence-electron chi connectivity index (χ1n) is 8.96. The Hall–Kier alpha value is -3.51. The summed E-state index contributed by atoms with van der Waals surface area (Å²) >= 11 is 0. The zero-order chi connectivity index (χ0) is 23.7. The third-order valence-corrected chi connectivity index (χ3v) is 7.61. The van der Waals surface area contributed by atoms with E-state index in [1.54, 1.807) is 0 Å². The van der Waals surface area contributed by atoms with Crippen LogP contribution in [0, 0.1) is 22.9 Å². The van der Waals surface area contributed by atoms with Crippen molar-refractivity contribution in [2.24, 2.45) is 0 Å². The maximum absolute atomic E-state index is 13.9. The van der Waals surface area contributed by atoms with Crippen molar-refractivity contribution < 1.29 is 30.3 Å². The van der Waals surface area contributed by atoms with Crippen LogP contribution in [0.4, 0.5) is 15.8 Å². The summed E-state index contributed by atoms with van der Waals surface area (Å²) in [4.78, 5) is 9.45. The first-order valence-corrected chi connectivity index (χ1v) is 11.8. The maximum atomic E-state index is 13.9. The van der Waals surface area contributed by atoms with Crippen LogP contribution in [0.1, 0.15) is 5.56 Å². The van der Waals surface area contributed by atoms with Gasteiger partial charge in [0.1, 0.15) is 21.4 Å². The van der Waals surface area contributed by atoms with Gasteiger partial charge in [0.05, 0.1) is 10.6 Å². The highest BCUT2D eigenvalue weighted by atomic mass is 32.2. The number of halogens is 1. The normalized spacial score (nSPS) is 11.7. The van der Waals surface area contributed by atoms with Gasteiger partial charge in [-0.2, -0.15) is 8.42 Å². The van der Waals surface area contributed by atoms with Gasteiger partial charge in [-0.1, -0.05) is 18.2 Å². The van der Waals surface area contributed by atoms with Crippen molar-refractivity contribution in [3.8, 4) is 5.75 Å². The molecule has 3 aromatic carbocycles. The predicted molar refractivity (Wildman–Crippen MR) is 114 cm³/mol. The summed E-state index contributed by atoms with van der Waals surface area (Å²) in [6, 6.07) is 13.3. The number of aryl methyl sites for hydroxylation is 1. The average molecular weight is 480 g/mol. The summed E-state index contributed by atoms with van der Waals surface area (Å²) in [5.41, 5.74) is 0.0476. The van der Waals surface area contributed by atoms with Crippen LogP contribution in [0.5, 0.6) is 5.75 Å². The van der Waals surface area contributed by atoms with Crippen LogP contribution < -0.4 is 8.49 Å². The predicted octanol–water partition coefficient (Wildman–Crippen LogP) is 3.64. The van der Waals surface area contributed by atoms with E-state index in [2.05, 4.69) is 0 Å². The molecule has 0 N–H and O–H groups in total. The second-order valence-corrected chi connectivity index (χ2v) is 10.1. The molecule has 0 aliphatic heterocycles. The summed E-state index contributed by atoms with van der Waals surface area (Å²) in [6.45, 7) is 1.47. The number of nitro benzene ring substituents is 1. The monoisotopic (exact) mass is 480 g/mol. The number of nitrogens with zero attached hydrogens (tertiary/aromatic N) is 2. The molecule has 0 aromatic heterocycles. The number of hydrogen-bond acceptors (Lipinski definition) is 7. The van der Waals surface area contributed by atoms with Crippen LogP contribution in [0.2, 0.25) is 0 Å². The molecule has 0 radical (unpaired) electrons. The van der Waals surface area contributed by atoms with Crippen molar-refractivity contribution in [1.29, 1.82) is 0 Å². The first kappa shape index (κ1) is 23.2. The lowest BCUT2D eigenvalue weighted by Crippen LogP contribution is -2.27. The van der Waals surface area contributed by atoms with Gasteiger partial charge in [-0.15, -0.1) is 0 Å². The Morgan fingerprint density at radius 3 is 2.19 bits per heavy atom. The third-order valence-electron chi connectivity index (χ3n) is 4.55. The largest absolute Gasteiger partial charge is 0.379 e. The van der Waals surface area contributed by atoms with Crippen LogP contribution >= 0.6 is 0 Å². The molecular weight excluding hydrogens is 463 g/mol. The molecule has 0 saturated heterocycles. The standard InChI is InChI=1S/C20H17FN2O7S2/c1-14-7-12-17(13-19(14)23(24)25)32(28,29)30-16-10-8-15(9-11-16)22(2)31(26,27)20-6-4-3-5-18(20)21/h3-13H,1-2H3. The molecule has 3 aromatic rings. The molecule has 0 fully saturated rings. The fourth-order valence-corrected chi connectivity index (χ4v) is 4.98. The summed E-state index contributed by atoms with van der Waals surface area (Å²) in [5, 5.41) is 11.1. The number of rotatable bonds is 7. The number of anilines is 1. The Bertz CT molecular complexity index is 1390. The molecule has 0 unspecified atom stereocenters. The summed E-state index contributed by atoms with van der Waals surface area (Å²) in [5.74, 6) is -1.05. The second kappa shape index (κ2) is 8.55. The minimum absolute atomic E-state index is 0.129. The third kappa shape index (κ3) is 4.55. The molecule has 0 bridgehead atoms. The van der Waals surface area contributed by atoms with Gasteiger partial charge >= 0.3 is 10.1 Å². The molecule has 0 atom stereocenters. The fraction of sp³-hybridized carbons (Fsp3) is 0.100. The molecule has 9 nitrogen and oxygen atoms in total. The lowest BCUT2D eigenvalue weighted by atomic mass is 10.2. The first-order chi connectivity index (χ1) is 14.9. The van der Waals surface area contributed by atoms with Crippen molar-refractivity contribution in [1.82, 2.24) is 0 Å². The van der Waals surface area contributed by atoms with Gasteiger partial charge in [0, 0.05) is 18.7 Å². The van der Waals surface area contributed by atoms with E-state index >= 15 is 0 Å². The van der Waals surface area contributed by atoms with E-state index in [-0.39, 0.29) is 22.7 Å². The van der Waals surface area contributed by atoms with Gasteiger partial charge < -0.3 is 4.18 Å². The highest BCUT2D eigenvalue weighted by Crippen LogP contribution is 2.28. The van der Waals surface area contributed by atoms with Gasteiger partial charge in [0.25, 0.3) is 15.7 Å². The second-order valence-electron chi connectivity index (χ2n) is 6.64. The molecule has 3 rings (SSSR count). The van der Waals surface area contributed by atoms with Crippen LogP contribution in [0.3, 0.4) is 0 Å². The molecular formula is C20H17FN2O7S2. The SMILES string of the molecule is Cc1ccc(S(=O)(=O)Oc2ccc(N(C)S(=O)(=O)c3ccccc3F)cc2)cc1[N+](=O)[O-]. The van der Waals surface area contributed by atoms with Crippen LogP contribution in [0.15, 0.2) is 76.5 Å². The molecule has 0 spiro atoms. The number of hydrogen-bond donors (Lipinski definition) is 0. The summed E-state index contributed by atoms with van der Waals surface area (Å²) in [7, 11) is -7.36. The van der Waals surface area contributed by atoms with E-state index in [4.69, 9.17) is 4.18 Å². The van der Waals surface area contributed by atoms with Crippen LogP contribution in [-0.4, -0.2) is 28.8 Å². The summed E-state index contributed by atoms with van der Waals surface area (Å²) in [6.07, 6.45) is 0. The average Bonchev–Trinajstić information content (AvgIpc) is 2.73. The molecule has 168 valence electrons. The van der Waals surface area contributed by atoms with Gasteiger partial charge in [-0.25, -0.2) is 12.8 Å². The van der Waals surface area contributed by atoms with E-state index in [1.165, 1.54) is 62.5 Å². The highest BCUT2D eigenvalue weighted by molar-refractivity contribution is 7.92. The fourth-order valence-electron chi connectivity index (χ4n) is 2.77. The molecule has 12 heteroatoms. The molecule has 0 aliphatic carbocycles. The van der Waals surface area contributed by atoms with E-state index in [0.29, 0.717) is 0 Å². The number of benzene rings is 3. The zero-order valence-corrected chi connectivity index (χ0v) is 18.4. The smallest absolute Gasteiger partial charge is 0.339 e. The van der Waals surface area contributed by atoms with Gasteiger partial charge in [0.15, 0.2) is 0 Å². The van der Waals surface area contributed by atoms with Gasteiger partial charge in [0.2, 0.25) is 0 Å². The number of sulfonamides is 1. The molecule has 0 amide bonds. The van der Waals surface area contributed by atoms with Crippen molar-refractivity contribution in [2.45, 2.75) is 16.7 Å². The van der Waals surface area contributed by atoms with E-state index in [1.807, 2.05) is 0 Å². The van der Waals surface area contributed by atoms with Crippen molar-refractivity contribution in [3.05, 3.63) is 88.2 Å². The van der Waals surface area contributed by atoms with Crippen LogP contribution in [-0.2, 0) is 20.1 Å². The Balaban J connectivity index is 1.85. The topological polar surface area (TPSA) is 124 Å². The number of nitro groups is 1. The lowest BCUT2D eigenvalue weighted by Gasteiger charge is -2.20. The van der Waals surface area contributed by atoms with Crippen molar-refractivity contribution in [2.75, 3.05) is 11.4 Å². The quantitative estimate of drug-likeness (QED) is 0.287. The molecule has 0 aliphatic rings. The Kier molecular flexibility index (Phi) is 6.19. The minimum Gasteiger partial charge on any atom is -0.379 e. The van der Waals surface area contributed by atoms with E-state index in [9.17, 15) is 31.3 Å². The van der Waals surface area contributed by atoms with Gasteiger partial charge in [-0.05, 0) is 49.4 Å². The van der Waals surface area contributed by atoms with Crippen molar-refractivity contribution >= 4 is 31.5 Å². The van der Waals surface area contributed by atoms with E-state index in [0.717, 1.165) is 22.5 Å². The minimum atomic E-state index is -4.38.